The van der Waals surface area contributed by atoms with Crippen LogP contribution in [-0.2, 0) is 48.5 Å². The number of thiazole rings is 1. The molecular weight excluding hydrogens is 1830 g/mol. The van der Waals surface area contributed by atoms with Gasteiger partial charge < -0.3 is 86.1 Å². The molecule has 0 aliphatic carbocycles. The number of aliphatic imine (C=N–C) groups is 3. The van der Waals surface area contributed by atoms with Crippen molar-refractivity contribution in [2.24, 2.45) is 72.9 Å². The van der Waals surface area contributed by atoms with E-state index in [1.54, 1.807) is 85.6 Å². The molecule has 0 aliphatic heterocycles. The van der Waals surface area contributed by atoms with Crippen LogP contribution in [0.15, 0.2) is 210 Å². The average Bonchev–Trinajstić information content (AvgIpc) is 1.65. The highest BCUT2D eigenvalue weighted by Crippen LogP contribution is 2.36. The highest BCUT2D eigenvalue weighted by Gasteiger charge is 2.23. The molecule has 0 saturated heterocycles. The van der Waals surface area contributed by atoms with Gasteiger partial charge in [-0.2, -0.15) is 15.0 Å². The molecular formula is C99H117Cl3F3N25O6S. The molecule has 0 spiro atoms. The smallest absolute Gasteiger partial charge is 0.354 e. The van der Waals surface area contributed by atoms with Crippen molar-refractivity contribution in [3.05, 3.63) is 284 Å². The lowest BCUT2D eigenvalue weighted by atomic mass is 10.00. The minimum Gasteiger partial charge on any atom is -0.379 e. The summed E-state index contributed by atoms with van der Waals surface area (Å²) in [6, 6.07) is 41.4. The van der Waals surface area contributed by atoms with Crippen molar-refractivity contribution in [3.63, 3.8) is 0 Å². The van der Waals surface area contributed by atoms with Crippen LogP contribution < -0.4 is 84.0 Å². The topological polar surface area (TPSA) is 491 Å². The number of H-pyrrole nitrogens is 4. The highest BCUT2D eigenvalue weighted by atomic mass is 35.5. The number of anilines is 2. The molecule has 6 aromatic carbocycles. The summed E-state index contributed by atoms with van der Waals surface area (Å²) in [4.78, 5) is 104. The predicted molar refractivity (Wildman–Crippen MR) is 545 cm³/mol. The van der Waals surface area contributed by atoms with Gasteiger partial charge in [0.1, 0.15) is 22.6 Å². The maximum atomic E-state index is 15.2. The number of halogens is 6. The number of hydrogen-bond donors (Lipinski definition) is 15. The van der Waals surface area contributed by atoms with Crippen LogP contribution in [0.1, 0.15) is 139 Å². The molecule has 31 nitrogen and oxygen atoms in total. The van der Waals surface area contributed by atoms with Crippen LogP contribution in [0.4, 0.5) is 24.0 Å². The lowest BCUT2D eigenvalue weighted by molar-refractivity contribution is -0.118. The van der Waals surface area contributed by atoms with Gasteiger partial charge in [-0.25, -0.2) is 32.5 Å². The van der Waals surface area contributed by atoms with Gasteiger partial charge in [-0.05, 0) is 212 Å². The molecule has 3 atom stereocenters. The summed E-state index contributed by atoms with van der Waals surface area (Å²) in [5, 5.41) is 18.1. The molecule has 0 unspecified atom stereocenters. The quantitative estimate of drug-likeness (QED) is 0.0125. The van der Waals surface area contributed by atoms with E-state index >= 15 is 13.2 Å². The fourth-order valence-corrected chi connectivity index (χ4v) is 16.8. The van der Waals surface area contributed by atoms with Crippen LogP contribution in [0.25, 0.3) is 83.9 Å². The third-order valence-corrected chi connectivity index (χ3v) is 24.3. The Bertz CT molecular complexity index is 6760. The number of primary amides is 1. The number of amides is 1. The number of benzene rings is 6. The van der Waals surface area contributed by atoms with E-state index in [4.69, 9.17) is 79.7 Å². The fourth-order valence-electron chi connectivity index (χ4n) is 15.5. The van der Waals surface area contributed by atoms with E-state index in [0.717, 1.165) is 96.3 Å². The number of nitrogens with one attached hydrogen (secondary N) is 8. The largest absolute Gasteiger partial charge is 0.379 e. The van der Waals surface area contributed by atoms with Gasteiger partial charge in [0.05, 0.1) is 61.9 Å². The standard InChI is InChI=1S/C35H41ClFN9O2.C33H38ClFN8O2S.C31H38ClFN8O2/c1-21(2)5-3-6-23-15-27(31(37)28(36)16-23)30-17-24-20-46(35(48)45-32(24)44-30)26-10-8-22(9-11-26)18-42-25(12-14-41-34(38)39)19-43-29-7-4-13-40-33(29)47;1-20(2)4-3-5-22-14-26(29(35)27(34)15-22)28-16-23-18-43(33(44)42-30(23)41-28)24-8-6-21(7-9-24)19-45-25(10-11-38-31(36)37)17-40-32-39-12-13-46-32;1-18(2)4-3-5-20-12-24(28(33)25(32)13-20)26-14-21-17-41(31(43)40-29(21)39-26)23-8-6-19(7-9-23)16-38-22(15-27(34)42)10-11-37-30(35)36/h4,7-11,13,15-17,20-21,25,42-43H,3,5-6,12,14,18-19H2,1-2H3,(H,40,47)(H4,38,39,41)(H,44,45,48);6-9,12-16,18,20,25H,3-5,10-11,17,19H2,1-2H3,(H,39,40)(H4,36,37,38)(H,41,42,44);6-9,12-14,17-18,22,38H,3-5,10-11,15-16H2,1-2H3,(H2,34,42)(H4,35,36,37)(H,39,40,43)/t2*25-;22-/m101/s1. The number of aromatic amines is 4. The number of fused-ring (bicyclic) bond motifs is 3. The Morgan fingerprint density at radius 3 is 1.23 bits per heavy atom. The molecule has 722 valence electrons. The Morgan fingerprint density at radius 2 is 0.861 bits per heavy atom. The zero-order chi connectivity index (χ0) is 97.9. The van der Waals surface area contributed by atoms with Gasteiger partial charge in [0.2, 0.25) is 5.91 Å². The second kappa shape index (κ2) is 49.4. The zero-order valence-electron chi connectivity index (χ0n) is 77.2. The number of nitrogens with zero attached hydrogens (tertiary/aromatic N) is 10. The third kappa shape index (κ3) is 30.0. The Balaban J connectivity index is 0.000000185. The maximum absolute atomic E-state index is 15.2. The Labute approximate surface area is 809 Å². The van der Waals surface area contributed by atoms with Crippen molar-refractivity contribution in [3.8, 4) is 50.8 Å². The molecule has 14 aromatic rings. The van der Waals surface area contributed by atoms with E-state index in [0.29, 0.717) is 179 Å². The van der Waals surface area contributed by atoms with Crippen LogP contribution in [0, 0.1) is 35.2 Å². The van der Waals surface area contributed by atoms with Crippen molar-refractivity contribution in [2.75, 3.05) is 43.4 Å². The van der Waals surface area contributed by atoms with E-state index in [1.807, 2.05) is 90.3 Å². The van der Waals surface area contributed by atoms with E-state index < -0.39 is 40.4 Å². The zero-order valence-corrected chi connectivity index (χ0v) is 80.3. The first-order valence-electron chi connectivity index (χ1n) is 45.4. The van der Waals surface area contributed by atoms with E-state index in [1.165, 1.54) is 25.0 Å². The fraction of sp³-hybridized carbons (Fsp3) is 0.333. The molecule has 14 rings (SSSR count). The molecule has 0 saturated carbocycles. The summed E-state index contributed by atoms with van der Waals surface area (Å²) in [6.45, 7) is 16.7. The van der Waals surface area contributed by atoms with Gasteiger partial charge in [0, 0.05) is 134 Å². The molecule has 8 heterocycles. The van der Waals surface area contributed by atoms with Crippen LogP contribution in [0.5, 0.6) is 0 Å². The SMILES string of the molecule is CC(C)CCCc1cc(Cl)c(F)c(-c2cc3cn(-c4ccc(CN[C@H](CCN=C(N)N)CC(N)=O)cc4)c(=O)nc3[nH]2)c1.CC(C)CCCc1cc(Cl)c(F)c(-c2cc3cn(-c4ccc(CN[C@H](CCN=C(N)N)CNc5ccc[nH]c5=O)cc4)c(=O)nc3[nH]2)c1.CC(C)CCCc1cc(Cl)c(F)c(-c2cc3cn(-c4ccc(CO[C@@H](CCN=C(N)N)CNc5nccs5)cc4)c(=O)nc3[nH]2)c1. The number of carbonyl (C=O) groups is 1. The third-order valence-electron chi connectivity index (χ3n) is 22.7. The number of aromatic nitrogens is 11. The summed E-state index contributed by atoms with van der Waals surface area (Å²) in [6.07, 6.45) is 18.7. The number of guanidine groups is 3. The second-order valence-electron chi connectivity index (χ2n) is 34.9. The first-order valence-corrected chi connectivity index (χ1v) is 47.4. The van der Waals surface area contributed by atoms with Gasteiger partial charge in [0.25, 0.3) is 5.56 Å². The molecule has 0 radical (unpaired) electrons. The minimum absolute atomic E-state index is 0.00881. The van der Waals surface area contributed by atoms with E-state index in [-0.39, 0.29) is 63.1 Å². The van der Waals surface area contributed by atoms with Gasteiger partial charge in [-0.15, -0.1) is 11.3 Å². The Morgan fingerprint density at radius 1 is 0.474 bits per heavy atom. The molecule has 1 amide bonds. The number of nitrogens with two attached hydrogens (primary N) is 7. The lowest BCUT2D eigenvalue weighted by Gasteiger charge is -2.19. The maximum Gasteiger partial charge on any atom is 0.354 e. The number of carbonyl (C=O) groups excluding carboxylic acids is 1. The molecule has 22 N–H and O–H groups in total. The minimum atomic E-state index is -0.519. The molecule has 38 heteroatoms. The molecule has 0 bridgehead atoms. The van der Waals surface area contributed by atoms with E-state index in [2.05, 4.69) is 118 Å². The number of ether oxygens (including phenoxy) is 1. The van der Waals surface area contributed by atoms with Crippen molar-refractivity contribution >= 4 is 114 Å². The first-order chi connectivity index (χ1) is 65.7. The van der Waals surface area contributed by atoms with Crippen LogP contribution >= 0.6 is 46.1 Å². The van der Waals surface area contributed by atoms with Gasteiger partial charge >= 0.3 is 17.1 Å². The van der Waals surface area contributed by atoms with Crippen molar-refractivity contribution in [1.29, 1.82) is 0 Å². The monoisotopic (exact) mass is 1950 g/mol. The summed E-state index contributed by atoms with van der Waals surface area (Å²) < 4.78 is 56.0. The van der Waals surface area contributed by atoms with Crippen LogP contribution in [0.3, 0.4) is 0 Å². The molecule has 8 aromatic heterocycles. The van der Waals surface area contributed by atoms with Crippen LogP contribution in [-0.4, -0.2) is 128 Å². The van der Waals surface area contributed by atoms with E-state index in [9.17, 15) is 24.0 Å². The first kappa shape index (κ1) is 103. The van der Waals surface area contributed by atoms with Gasteiger partial charge in [0.15, 0.2) is 40.5 Å². The summed E-state index contributed by atoms with van der Waals surface area (Å²) in [5.74, 6) is -0.145. The summed E-state index contributed by atoms with van der Waals surface area (Å²) in [5.41, 5.74) is 48.2. The number of aryl methyl sites for hydroxylation is 3. The summed E-state index contributed by atoms with van der Waals surface area (Å²) in [7, 11) is 0. The van der Waals surface area contributed by atoms with Gasteiger partial charge in [-0.3, -0.25) is 38.3 Å². The second-order valence-corrected chi connectivity index (χ2v) is 37.0. The average molecular weight is 1950 g/mol. The number of rotatable bonds is 44. The number of pyridine rings is 1. The highest BCUT2D eigenvalue weighted by molar-refractivity contribution is 7.13. The lowest BCUT2D eigenvalue weighted by Crippen LogP contribution is -2.37. The Kier molecular flexibility index (Phi) is 36.9. The number of hydrogen-bond acceptors (Lipinski definition) is 18. The molecule has 0 fully saturated rings. The molecule has 137 heavy (non-hydrogen) atoms. The Hall–Kier alpha value is -13.4. The van der Waals surface area contributed by atoms with Crippen molar-refractivity contribution < 1.29 is 22.7 Å². The van der Waals surface area contributed by atoms with Gasteiger partial charge in [-0.1, -0.05) is 132 Å². The normalized spacial score (nSPS) is 12.1. The molecule has 0 aliphatic rings. The predicted octanol–water partition coefficient (Wildman–Crippen LogP) is 15.5. The van der Waals surface area contributed by atoms with Crippen LogP contribution in [0.2, 0.25) is 15.1 Å². The van der Waals surface area contributed by atoms with Crippen molar-refractivity contribution in [2.45, 2.75) is 163 Å². The van der Waals surface area contributed by atoms with Crippen molar-refractivity contribution in [1.82, 2.24) is 64.2 Å². The summed E-state index contributed by atoms with van der Waals surface area (Å²) >= 11 is 20.3.